The van der Waals surface area contributed by atoms with Crippen LogP contribution in [0.1, 0.15) is 16.1 Å². The van der Waals surface area contributed by atoms with Crippen LogP contribution in [0.25, 0.3) is 10.6 Å². The standard InChI is InChI=1S/C21H20ClN3O5S/c1-28-16-8-12(9-17(29-2)19(16)30-3)20(27)25-24-18(26)10-13-11-31-21(23-13)14-6-4-5-7-15(14)22/h4-9,11H,10H2,1-3H3,(H,24,26)(H,25,27). The third kappa shape index (κ3) is 5.25. The minimum Gasteiger partial charge on any atom is -0.493 e. The Bertz CT molecular complexity index is 1080. The maximum Gasteiger partial charge on any atom is 0.269 e. The van der Waals surface area contributed by atoms with Crippen LogP contribution in [0.15, 0.2) is 41.8 Å². The van der Waals surface area contributed by atoms with E-state index in [1.165, 1.54) is 44.8 Å². The van der Waals surface area contributed by atoms with Gasteiger partial charge in [0, 0.05) is 16.5 Å². The molecule has 0 saturated heterocycles. The molecule has 0 aliphatic heterocycles. The summed E-state index contributed by atoms with van der Waals surface area (Å²) >= 11 is 7.58. The number of aromatic nitrogens is 1. The van der Waals surface area contributed by atoms with Gasteiger partial charge in [-0.2, -0.15) is 0 Å². The van der Waals surface area contributed by atoms with Gasteiger partial charge in [-0.15, -0.1) is 11.3 Å². The van der Waals surface area contributed by atoms with Crippen molar-refractivity contribution in [2.75, 3.05) is 21.3 Å². The molecule has 0 bridgehead atoms. The van der Waals surface area contributed by atoms with E-state index in [2.05, 4.69) is 15.8 Å². The van der Waals surface area contributed by atoms with E-state index in [9.17, 15) is 9.59 Å². The van der Waals surface area contributed by atoms with Crippen molar-refractivity contribution in [1.29, 1.82) is 0 Å². The molecule has 3 aromatic rings. The Balaban J connectivity index is 1.63. The molecule has 0 saturated carbocycles. The van der Waals surface area contributed by atoms with Crippen LogP contribution in [-0.2, 0) is 11.2 Å². The zero-order chi connectivity index (χ0) is 22.4. The first-order chi connectivity index (χ1) is 15.0. The van der Waals surface area contributed by atoms with E-state index < -0.39 is 11.8 Å². The summed E-state index contributed by atoms with van der Waals surface area (Å²) in [5.41, 5.74) is 6.35. The molecule has 2 N–H and O–H groups in total. The number of hydrogen-bond acceptors (Lipinski definition) is 7. The third-order valence-corrected chi connectivity index (χ3v) is 5.49. The number of carbonyl (C=O) groups is 2. The number of carbonyl (C=O) groups excluding carboxylic acids is 2. The molecule has 0 radical (unpaired) electrons. The first-order valence-corrected chi connectivity index (χ1v) is 10.3. The van der Waals surface area contributed by atoms with Gasteiger partial charge in [-0.1, -0.05) is 29.8 Å². The molecule has 8 nitrogen and oxygen atoms in total. The van der Waals surface area contributed by atoms with Gasteiger partial charge >= 0.3 is 0 Å². The van der Waals surface area contributed by atoms with Gasteiger partial charge in [-0.05, 0) is 18.2 Å². The molecule has 162 valence electrons. The van der Waals surface area contributed by atoms with Crippen molar-refractivity contribution in [1.82, 2.24) is 15.8 Å². The van der Waals surface area contributed by atoms with E-state index >= 15 is 0 Å². The van der Waals surface area contributed by atoms with Gasteiger partial charge < -0.3 is 14.2 Å². The van der Waals surface area contributed by atoms with Crippen LogP contribution < -0.4 is 25.1 Å². The largest absolute Gasteiger partial charge is 0.493 e. The predicted octanol–water partition coefficient (Wildman–Crippen LogP) is 3.49. The summed E-state index contributed by atoms with van der Waals surface area (Å²) in [6, 6.07) is 10.3. The monoisotopic (exact) mass is 461 g/mol. The second kappa shape index (κ2) is 10.1. The molecule has 0 atom stereocenters. The van der Waals surface area contributed by atoms with E-state index in [-0.39, 0.29) is 12.0 Å². The minimum atomic E-state index is -0.539. The van der Waals surface area contributed by atoms with Crippen LogP contribution in [0, 0.1) is 0 Å². The Morgan fingerprint density at radius 2 is 1.71 bits per heavy atom. The number of nitrogens with zero attached hydrogens (tertiary/aromatic N) is 1. The average Bonchev–Trinajstić information content (AvgIpc) is 3.24. The van der Waals surface area contributed by atoms with E-state index in [1.807, 2.05) is 18.2 Å². The Labute approximate surface area is 188 Å². The molecule has 0 fully saturated rings. The molecular weight excluding hydrogens is 442 g/mol. The summed E-state index contributed by atoms with van der Waals surface area (Å²) in [6.07, 6.45) is -0.00348. The Hall–Kier alpha value is -3.30. The molecule has 1 aromatic heterocycles. The maximum absolute atomic E-state index is 12.5. The normalized spacial score (nSPS) is 10.3. The number of ether oxygens (including phenoxy) is 3. The summed E-state index contributed by atoms with van der Waals surface area (Å²) < 4.78 is 15.7. The summed E-state index contributed by atoms with van der Waals surface area (Å²) in [6.45, 7) is 0. The highest BCUT2D eigenvalue weighted by Crippen LogP contribution is 2.38. The zero-order valence-electron chi connectivity index (χ0n) is 17.0. The highest BCUT2D eigenvalue weighted by molar-refractivity contribution is 7.13. The van der Waals surface area contributed by atoms with Gasteiger partial charge in [0.05, 0.1) is 38.5 Å². The van der Waals surface area contributed by atoms with E-state index in [0.717, 1.165) is 10.6 Å². The second-order valence-corrected chi connectivity index (χ2v) is 7.48. The number of amides is 2. The number of hydrazine groups is 1. The van der Waals surface area contributed by atoms with Crippen LogP contribution in [0.3, 0.4) is 0 Å². The lowest BCUT2D eigenvalue weighted by molar-refractivity contribution is -0.121. The number of nitrogens with one attached hydrogen (secondary N) is 2. The summed E-state index contributed by atoms with van der Waals surface area (Å²) in [7, 11) is 4.37. The lowest BCUT2D eigenvalue weighted by Gasteiger charge is -2.14. The molecule has 3 rings (SSSR count). The topological polar surface area (TPSA) is 98.8 Å². The SMILES string of the molecule is COc1cc(C(=O)NNC(=O)Cc2csc(-c3ccccc3Cl)n2)cc(OC)c1OC. The number of thiazole rings is 1. The fourth-order valence-electron chi connectivity index (χ4n) is 2.77. The Morgan fingerprint density at radius 1 is 1.03 bits per heavy atom. The van der Waals surface area contributed by atoms with Gasteiger partial charge in [0.1, 0.15) is 5.01 Å². The predicted molar refractivity (Wildman–Crippen MR) is 118 cm³/mol. The molecule has 0 aliphatic carbocycles. The first kappa shape index (κ1) is 22.4. The molecule has 31 heavy (non-hydrogen) atoms. The molecule has 0 aliphatic rings. The van der Waals surface area contributed by atoms with E-state index in [4.69, 9.17) is 25.8 Å². The van der Waals surface area contributed by atoms with Crippen LogP contribution in [0.2, 0.25) is 5.02 Å². The van der Waals surface area contributed by atoms with Gasteiger partial charge in [-0.25, -0.2) is 4.98 Å². The van der Waals surface area contributed by atoms with Crippen molar-refractivity contribution in [3.05, 3.63) is 58.1 Å². The second-order valence-electron chi connectivity index (χ2n) is 6.22. The average molecular weight is 462 g/mol. The van der Waals surface area contributed by atoms with Gasteiger partial charge in [0.25, 0.3) is 5.91 Å². The molecule has 2 amide bonds. The fourth-order valence-corrected chi connectivity index (χ4v) is 3.91. The van der Waals surface area contributed by atoms with Crippen LogP contribution in [0.4, 0.5) is 0 Å². The van der Waals surface area contributed by atoms with Crippen LogP contribution in [0.5, 0.6) is 17.2 Å². The lowest BCUT2D eigenvalue weighted by Crippen LogP contribution is -2.42. The molecule has 1 heterocycles. The summed E-state index contributed by atoms with van der Waals surface area (Å²) in [5, 5.41) is 3.08. The minimum absolute atomic E-state index is 0.00348. The van der Waals surface area contributed by atoms with Gasteiger partial charge in [0.15, 0.2) is 11.5 Å². The van der Waals surface area contributed by atoms with Gasteiger partial charge in [-0.3, -0.25) is 20.4 Å². The third-order valence-electron chi connectivity index (χ3n) is 4.24. The van der Waals surface area contributed by atoms with Crippen molar-refractivity contribution in [3.8, 4) is 27.8 Å². The fraction of sp³-hybridized carbons (Fsp3) is 0.190. The zero-order valence-corrected chi connectivity index (χ0v) is 18.6. The van der Waals surface area contributed by atoms with Crippen LogP contribution in [-0.4, -0.2) is 38.1 Å². The van der Waals surface area contributed by atoms with Gasteiger partial charge in [0.2, 0.25) is 11.7 Å². The van der Waals surface area contributed by atoms with Crippen molar-refractivity contribution in [3.63, 3.8) is 0 Å². The van der Waals surface area contributed by atoms with Crippen molar-refractivity contribution in [2.45, 2.75) is 6.42 Å². The lowest BCUT2D eigenvalue weighted by atomic mass is 10.1. The number of halogens is 1. The number of hydrogen-bond donors (Lipinski definition) is 2. The molecule has 0 spiro atoms. The van der Waals surface area contributed by atoms with E-state index in [0.29, 0.717) is 28.0 Å². The number of benzene rings is 2. The van der Waals surface area contributed by atoms with Crippen molar-refractivity contribution in [2.24, 2.45) is 0 Å². The highest BCUT2D eigenvalue weighted by atomic mass is 35.5. The Kier molecular flexibility index (Phi) is 7.32. The molecule has 0 unspecified atom stereocenters. The van der Waals surface area contributed by atoms with Crippen molar-refractivity contribution >= 4 is 34.8 Å². The van der Waals surface area contributed by atoms with E-state index in [1.54, 1.807) is 11.4 Å². The molecular formula is C21H20ClN3O5S. The highest BCUT2D eigenvalue weighted by Gasteiger charge is 2.18. The maximum atomic E-state index is 12.5. The van der Waals surface area contributed by atoms with Crippen LogP contribution >= 0.6 is 22.9 Å². The first-order valence-electron chi connectivity index (χ1n) is 9.05. The Morgan fingerprint density at radius 3 is 2.32 bits per heavy atom. The smallest absolute Gasteiger partial charge is 0.269 e. The summed E-state index contributed by atoms with van der Waals surface area (Å²) in [4.78, 5) is 29.2. The quantitative estimate of drug-likeness (QED) is 0.522. The number of rotatable bonds is 7. The van der Waals surface area contributed by atoms with Crippen molar-refractivity contribution < 1.29 is 23.8 Å². The molecule has 2 aromatic carbocycles. The molecule has 10 heteroatoms. The summed E-state index contributed by atoms with van der Waals surface area (Å²) in [5.74, 6) is 0.0590. The number of methoxy groups -OCH3 is 3.